The Labute approximate surface area is 186 Å². The van der Waals surface area contributed by atoms with Crippen molar-refractivity contribution in [2.75, 3.05) is 31.0 Å². The molecule has 32 heavy (non-hydrogen) atoms. The van der Waals surface area contributed by atoms with Gasteiger partial charge in [0.05, 0.1) is 18.4 Å². The maximum absolute atomic E-state index is 13.3. The van der Waals surface area contributed by atoms with Gasteiger partial charge in [0.25, 0.3) is 0 Å². The summed E-state index contributed by atoms with van der Waals surface area (Å²) in [5.41, 5.74) is 1.36. The summed E-state index contributed by atoms with van der Waals surface area (Å²) in [6.07, 6.45) is 1.19. The first kappa shape index (κ1) is 23.3. The second-order valence-electron chi connectivity index (χ2n) is 7.85. The summed E-state index contributed by atoms with van der Waals surface area (Å²) in [6.45, 7) is 4.71. The number of amides is 1. The predicted octanol–water partition coefficient (Wildman–Crippen LogP) is 4.14. The van der Waals surface area contributed by atoms with Crippen LogP contribution in [0.2, 0.25) is 0 Å². The number of benzene rings is 1. The zero-order valence-corrected chi connectivity index (χ0v) is 18.3. The number of rotatable bonds is 7. The molecule has 1 aliphatic rings. The fraction of sp³-hybridized carbons (Fsp3) is 0.391. The average Bonchev–Trinajstić information content (AvgIpc) is 2.80. The van der Waals surface area contributed by atoms with Gasteiger partial charge in [0.1, 0.15) is 11.6 Å². The lowest BCUT2D eigenvalue weighted by atomic mass is 9.96. The van der Waals surface area contributed by atoms with Gasteiger partial charge in [-0.1, -0.05) is 13.8 Å². The second-order valence-corrected chi connectivity index (χ2v) is 7.85. The van der Waals surface area contributed by atoms with E-state index < -0.39 is 11.8 Å². The maximum Gasteiger partial charge on any atom is 0.356 e. The summed E-state index contributed by atoms with van der Waals surface area (Å²) in [4.78, 5) is 29.6. The van der Waals surface area contributed by atoms with E-state index in [0.717, 1.165) is 0 Å². The van der Waals surface area contributed by atoms with Crippen molar-refractivity contribution in [1.29, 1.82) is 5.41 Å². The van der Waals surface area contributed by atoms with Crippen LogP contribution in [0.15, 0.2) is 30.3 Å². The van der Waals surface area contributed by atoms with Gasteiger partial charge in [0.15, 0.2) is 5.69 Å². The lowest BCUT2D eigenvalue weighted by Gasteiger charge is -2.24. The molecule has 170 valence electrons. The van der Waals surface area contributed by atoms with E-state index in [1.54, 1.807) is 0 Å². The van der Waals surface area contributed by atoms with Crippen LogP contribution in [0.4, 0.5) is 21.6 Å². The van der Waals surface area contributed by atoms with Crippen molar-refractivity contribution in [3.63, 3.8) is 0 Å². The Bertz CT molecular complexity index is 1000. The molecule has 3 N–H and O–H groups in total. The van der Waals surface area contributed by atoms with Crippen LogP contribution in [-0.4, -0.2) is 42.9 Å². The summed E-state index contributed by atoms with van der Waals surface area (Å²) < 4.78 is 23.5. The summed E-state index contributed by atoms with van der Waals surface area (Å²) in [5.74, 6) is -1.51. The number of methoxy groups -OCH3 is 1. The number of nitrogens with one attached hydrogen (secondary N) is 3. The first-order valence-electron chi connectivity index (χ1n) is 10.4. The van der Waals surface area contributed by atoms with Gasteiger partial charge in [0.2, 0.25) is 5.91 Å². The Morgan fingerprint density at radius 1 is 1.22 bits per heavy atom. The highest BCUT2D eigenvalue weighted by molar-refractivity contribution is 6.12. The average molecular weight is 442 g/mol. The number of carbonyl (C=O) groups excluding carboxylic acids is 2. The zero-order valence-electron chi connectivity index (χ0n) is 18.3. The van der Waals surface area contributed by atoms with E-state index in [1.807, 2.05) is 13.8 Å². The van der Waals surface area contributed by atoms with Crippen molar-refractivity contribution >= 4 is 34.8 Å². The van der Waals surface area contributed by atoms with Gasteiger partial charge in [-0.05, 0) is 49.1 Å². The lowest BCUT2D eigenvalue weighted by Crippen LogP contribution is -2.30. The van der Waals surface area contributed by atoms with Crippen molar-refractivity contribution in [3.8, 4) is 0 Å². The van der Waals surface area contributed by atoms with Crippen molar-refractivity contribution in [3.05, 3.63) is 47.4 Å². The number of pyridine rings is 1. The first-order chi connectivity index (χ1) is 15.3. The van der Waals surface area contributed by atoms with Crippen LogP contribution < -0.4 is 10.6 Å². The molecule has 0 atom stereocenters. The van der Waals surface area contributed by atoms with E-state index in [4.69, 9.17) is 14.9 Å². The van der Waals surface area contributed by atoms with E-state index in [9.17, 15) is 14.0 Å². The molecule has 0 aliphatic carbocycles. The predicted molar refractivity (Wildman–Crippen MR) is 119 cm³/mol. The van der Waals surface area contributed by atoms with Gasteiger partial charge in [0, 0.05) is 30.5 Å². The van der Waals surface area contributed by atoms with Crippen molar-refractivity contribution in [2.45, 2.75) is 26.7 Å². The van der Waals surface area contributed by atoms with Crippen LogP contribution in [0, 0.1) is 23.1 Å². The Morgan fingerprint density at radius 2 is 1.88 bits per heavy atom. The topological polar surface area (TPSA) is 113 Å². The van der Waals surface area contributed by atoms with Crippen LogP contribution in [0.1, 0.15) is 42.7 Å². The van der Waals surface area contributed by atoms with Gasteiger partial charge >= 0.3 is 5.97 Å². The molecule has 0 bridgehead atoms. The van der Waals surface area contributed by atoms with Gasteiger partial charge in [-0.3, -0.25) is 4.79 Å². The van der Waals surface area contributed by atoms with E-state index in [2.05, 4.69) is 15.6 Å². The molecule has 1 saturated heterocycles. The molecule has 1 aliphatic heterocycles. The fourth-order valence-electron chi connectivity index (χ4n) is 3.37. The van der Waals surface area contributed by atoms with Crippen molar-refractivity contribution in [2.24, 2.45) is 11.8 Å². The minimum atomic E-state index is -0.684. The quantitative estimate of drug-likeness (QED) is 0.439. The largest absolute Gasteiger partial charge is 0.464 e. The van der Waals surface area contributed by atoms with Crippen LogP contribution in [-0.2, 0) is 14.3 Å². The third-order valence-electron chi connectivity index (χ3n) is 5.22. The molecular formula is C23H27FN4O4. The Morgan fingerprint density at radius 3 is 2.47 bits per heavy atom. The number of aromatic nitrogens is 1. The number of nitrogens with zero attached hydrogens (tertiary/aromatic N) is 1. The van der Waals surface area contributed by atoms with Crippen LogP contribution in [0.5, 0.6) is 0 Å². The molecule has 2 aromatic rings. The highest BCUT2D eigenvalue weighted by Gasteiger charge is 2.26. The van der Waals surface area contributed by atoms with Gasteiger partial charge in [-0.25, -0.2) is 14.2 Å². The zero-order chi connectivity index (χ0) is 23.3. The molecule has 0 spiro atoms. The normalized spacial score (nSPS) is 14.2. The molecule has 3 rings (SSSR count). The molecule has 2 heterocycles. The van der Waals surface area contributed by atoms with Gasteiger partial charge in [-0.15, -0.1) is 0 Å². The molecule has 0 unspecified atom stereocenters. The number of esters is 1. The molecule has 1 amide bonds. The third-order valence-corrected chi connectivity index (χ3v) is 5.22. The number of hydrogen-bond acceptors (Lipinski definition) is 7. The monoisotopic (exact) mass is 442 g/mol. The van der Waals surface area contributed by atoms with E-state index in [-0.39, 0.29) is 35.0 Å². The minimum absolute atomic E-state index is 0.0281. The number of hydrogen-bond donors (Lipinski definition) is 3. The Hall–Kier alpha value is -3.33. The highest BCUT2D eigenvalue weighted by Crippen LogP contribution is 2.31. The molecule has 1 fully saturated rings. The smallest absolute Gasteiger partial charge is 0.356 e. The molecule has 1 aromatic heterocycles. The van der Waals surface area contributed by atoms with Gasteiger partial charge < -0.3 is 25.5 Å². The van der Waals surface area contributed by atoms with Crippen LogP contribution >= 0.6 is 0 Å². The highest BCUT2D eigenvalue weighted by atomic mass is 19.1. The number of anilines is 3. The van der Waals surface area contributed by atoms with Crippen LogP contribution in [0.3, 0.4) is 0 Å². The summed E-state index contributed by atoms with van der Waals surface area (Å²) in [5, 5.41) is 14.6. The summed E-state index contributed by atoms with van der Waals surface area (Å²) in [6, 6.07) is 7.03. The fourth-order valence-corrected chi connectivity index (χ4v) is 3.37. The minimum Gasteiger partial charge on any atom is -0.464 e. The second kappa shape index (κ2) is 10.3. The molecular weight excluding hydrogens is 415 g/mol. The molecule has 0 radical (unpaired) electrons. The summed E-state index contributed by atoms with van der Waals surface area (Å²) in [7, 11) is 1.24. The number of halogens is 1. The maximum atomic E-state index is 13.3. The molecule has 0 saturated carbocycles. The third kappa shape index (κ3) is 5.47. The summed E-state index contributed by atoms with van der Waals surface area (Å²) >= 11 is 0. The van der Waals surface area contributed by atoms with Gasteiger partial charge in [-0.2, -0.15) is 0 Å². The Kier molecular flexibility index (Phi) is 7.53. The number of carbonyl (C=O) groups is 2. The molecule has 9 heteroatoms. The van der Waals surface area contributed by atoms with E-state index in [0.29, 0.717) is 43.0 Å². The van der Waals surface area contributed by atoms with Crippen molar-refractivity contribution < 1.29 is 23.5 Å². The lowest BCUT2D eigenvalue weighted by molar-refractivity contribution is -0.122. The van der Waals surface area contributed by atoms with Crippen LogP contribution in [0.25, 0.3) is 0 Å². The molecule has 1 aromatic carbocycles. The first-order valence-corrected chi connectivity index (χ1v) is 10.4. The van der Waals surface area contributed by atoms with Crippen molar-refractivity contribution in [1.82, 2.24) is 4.98 Å². The standard InChI is InChI=1S/C23H27FN4O4/c1-13(2)20(25)19-17(28-22(29)14-8-10-32-11-9-14)12-18(23(30)31-3)27-21(19)26-16-6-4-15(24)5-7-16/h4-7,12-14,25H,8-11H2,1-3H3,(H2,26,27,28,29). The molecule has 8 nitrogen and oxygen atoms in total. The van der Waals surface area contributed by atoms with E-state index in [1.165, 1.54) is 37.4 Å². The SMILES string of the molecule is COC(=O)c1cc(NC(=O)C2CCOCC2)c(C(=N)C(C)C)c(Nc2ccc(F)cc2)n1. The number of ether oxygens (including phenoxy) is 2. The Balaban J connectivity index is 2.08. The van der Waals surface area contributed by atoms with E-state index >= 15 is 0 Å².